The summed E-state index contributed by atoms with van der Waals surface area (Å²) in [5.74, 6) is 0.115. The number of piperazine rings is 1. The summed E-state index contributed by atoms with van der Waals surface area (Å²) in [7, 11) is 1.68. The summed E-state index contributed by atoms with van der Waals surface area (Å²) in [6.45, 7) is 2.78. The summed E-state index contributed by atoms with van der Waals surface area (Å²) in [6, 6.07) is 15.0. The Kier molecular flexibility index (Phi) is 4.84. The van der Waals surface area contributed by atoms with E-state index in [0.717, 1.165) is 18.8 Å². The van der Waals surface area contributed by atoms with Gasteiger partial charge in [0.2, 0.25) is 0 Å². The normalized spacial score (nSPS) is 14.2. The number of aromatic nitrogens is 2. The zero-order valence-electron chi connectivity index (χ0n) is 15.5. The first-order chi connectivity index (χ1) is 13.6. The predicted molar refractivity (Wildman–Crippen MR) is 104 cm³/mol. The molecule has 0 saturated carbocycles. The molecule has 3 heterocycles. The lowest BCUT2D eigenvalue weighted by Gasteiger charge is -2.35. The molecule has 8 heteroatoms. The van der Waals surface area contributed by atoms with Crippen LogP contribution >= 0.6 is 0 Å². The van der Waals surface area contributed by atoms with Gasteiger partial charge in [0.05, 0.1) is 6.26 Å². The van der Waals surface area contributed by atoms with Crippen LogP contribution in [0.15, 0.2) is 59.2 Å². The van der Waals surface area contributed by atoms with Crippen molar-refractivity contribution in [2.45, 2.75) is 0 Å². The van der Waals surface area contributed by atoms with Crippen molar-refractivity contribution in [1.29, 1.82) is 0 Å². The van der Waals surface area contributed by atoms with Gasteiger partial charge in [-0.25, -0.2) is 0 Å². The Morgan fingerprint density at radius 2 is 1.79 bits per heavy atom. The van der Waals surface area contributed by atoms with Gasteiger partial charge < -0.3 is 19.5 Å². The molecule has 1 fully saturated rings. The second-order valence-electron chi connectivity index (χ2n) is 6.58. The molecular weight excluding hydrogens is 358 g/mol. The first kappa shape index (κ1) is 17.8. The Bertz CT molecular complexity index is 957. The molecular formula is C20H21N5O3. The van der Waals surface area contributed by atoms with Crippen LogP contribution in [0.2, 0.25) is 0 Å². The average Bonchev–Trinajstić information content (AvgIpc) is 3.39. The third kappa shape index (κ3) is 3.62. The lowest BCUT2D eigenvalue weighted by Crippen LogP contribution is -2.48. The fourth-order valence-corrected chi connectivity index (χ4v) is 3.24. The van der Waals surface area contributed by atoms with Crippen molar-refractivity contribution in [2.24, 2.45) is 7.05 Å². The van der Waals surface area contributed by atoms with E-state index in [1.165, 1.54) is 10.9 Å². The minimum atomic E-state index is -0.386. The molecule has 28 heavy (non-hydrogen) atoms. The summed E-state index contributed by atoms with van der Waals surface area (Å²) in [6.07, 6.45) is 1.43. The van der Waals surface area contributed by atoms with E-state index in [1.807, 2.05) is 18.2 Å². The monoisotopic (exact) mass is 379 g/mol. The number of nitrogens with zero attached hydrogens (tertiary/aromatic N) is 4. The van der Waals surface area contributed by atoms with Gasteiger partial charge in [-0.15, -0.1) is 0 Å². The second-order valence-corrected chi connectivity index (χ2v) is 6.58. The SMILES string of the molecule is Cn1nc(C(=O)N2CCN(c3ccccc3)CC2)cc1NC(=O)c1ccco1. The molecule has 144 valence electrons. The van der Waals surface area contributed by atoms with Gasteiger partial charge in [-0.3, -0.25) is 14.3 Å². The predicted octanol–water partition coefficient (Wildman–Crippen LogP) is 2.23. The lowest BCUT2D eigenvalue weighted by molar-refractivity contribution is 0.0740. The molecule has 1 aromatic carbocycles. The number of hydrogen-bond donors (Lipinski definition) is 1. The molecule has 1 saturated heterocycles. The maximum atomic E-state index is 12.8. The number of benzene rings is 1. The molecule has 2 amide bonds. The molecule has 4 rings (SSSR count). The van der Waals surface area contributed by atoms with E-state index >= 15 is 0 Å². The van der Waals surface area contributed by atoms with Crippen molar-refractivity contribution in [2.75, 3.05) is 36.4 Å². The van der Waals surface area contributed by atoms with Gasteiger partial charge in [0.15, 0.2) is 11.5 Å². The first-order valence-electron chi connectivity index (χ1n) is 9.10. The van der Waals surface area contributed by atoms with Crippen LogP contribution in [0.3, 0.4) is 0 Å². The van der Waals surface area contributed by atoms with Crippen molar-refractivity contribution in [1.82, 2.24) is 14.7 Å². The highest BCUT2D eigenvalue weighted by Gasteiger charge is 2.25. The highest BCUT2D eigenvalue weighted by Crippen LogP contribution is 2.18. The Morgan fingerprint density at radius 1 is 1.04 bits per heavy atom. The zero-order valence-corrected chi connectivity index (χ0v) is 15.5. The molecule has 0 bridgehead atoms. The third-order valence-corrected chi connectivity index (χ3v) is 4.77. The van der Waals surface area contributed by atoms with Crippen LogP contribution in [0.5, 0.6) is 0 Å². The second kappa shape index (κ2) is 7.59. The summed E-state index contributed by atoms with van der Waals surface area (Å²) in [5, 5.41) is 6.97. The smallest absolute Gasteiger partial charge is 0.292 e. The molecule has 2 aromatic heterocycles. The van der Waals surface area contributed by atoms with E-state index in [9.17, 15) is 9.59 Å². The van der Waals surface area contributed by atoms with E-state index in [1.54, 1.807) is 30.1 Å². The van der Waals surface area contributed by atoms with Crippen LogP contribution < -0.4 is 10.2 Å². The molecule has 3 aromatic rings. The van der Waals surface area contributed by atoms with Gasteiger partial charge in [0, 0.05) is 45.0 Å². The minimum Gasteiger partial charge on any atom is -0.459 e. The van der Waals surface area contributed by atoms with Gasteiger partial charge in [-0.1, -0.05) is 18.2 Å². The van der Waals surface area contributed by atoms with E-state index in [4.69, 9.17) is 4.42 Å². The van der Waals surface area contributed by atoms with Gasteiger partial charge >= 0.3 is 0 Å². The van der Waals surface area contributed by atoms with Gasteiger partial charge in [-0.2, -0.15) is 5.10 Å². The molecule has 0 spiro atoms. The highest BCUT2D eigenvalue weighted by molar-refractivity contribution is 6.02. The lowest BCUT2D eigenvalue weighted by atomic mass is 10.2. The van der Waals surface area contributed by atoms with Crippen LogP contribution in [-0.4, -0.2) is 52.7 Å². The Morgan fingerprint density at radius 3 is 2.46 bits per heavy atom. The van der Waals surface area contributed by atoms with Crippen LogP contribution in [0.4, 0.5) is 11.5 Å². The number of carbonyl (C=O) groups is 2. The number of para-hydroxylation sites is 1. The van der Waals surface area contributed by atoms with E-state index in [2.05, 4.69) is 27.4 Å². The van der Waals surface area contributed by atoms with E-state index < -0.39 is 0 Å². The van der Waals surface area contributed by atoms with Gasteiger partial charge in [0.25, 0.3) is 11.8 Å². The Hall–Kier alpha value is -3.55. The largest absolute Gasteiger partial charge is 0.459 e. The Balaban J connectivity index is 1.40. The number of rotatable bonds is 4. The quantitative estimate of drug-likeness (QED) is 0.752. The van der Waals surface area contributed by atoms with Gasteiger partial charge in [-0.05, 0) is 24.3 Å². The van der Waals surface area contributed by atoms with Crippen LogP contribution in [0, 0.1) is 0 Å². The van der Waals surface area contributed by atoms with Crippen LogP contribution in [0.1, 0.15) is 21.0 Å². The third-order valence-electron chi connectivity index (χ3n) is 4.77. The minimum absolute atomic E-state index is 0.137. The molecule has 0 radical (unpaired) electrons. The van der Waals surface area contributed by atoms with Crippen molar-refractivity contribution in [3.8, 4) is 0 Å². The first-order valence-corrected chi connectivity index (χ1v) is 9.10. The number of amides is 2. The number of hydrogen-bond acceptors (Lipinski definition) is 5. The molecule has 0 aliphatic carbocycles. The molecule has 0 atom stereocenters. The highest BCUT2D eigenvalue weighted by atomic mass is 16.3. The maximum Gasteiger partial charge on any atom is 0.292 e. The average molecular weight is 379 g/mol. The van der Waals surface area contributed by atoms with Gasteiger partial charge in [0.1, 0.15) is 5.82 Å². The number of furan rings is 1. The zero-order chi connectivity index (χ0) is 19.5. The van der Waals surface area contributed by atoms with Crippen LogP contribution in [-0.2, 0) is 7.05 Å². The number of aryl methyl sites for hydroxylation is 1. The summed E-state index contributed by atoms with van der Waals surface area (Å²) in [4.78, 5) is 29.0. The van der Waals surface area contributed by atoms with Crippen molar-refractivity contribution in [3.05, 3.63) is 66.2 Å². The Labute approximate surface area is 162 Å². The summed E-state index contributed by atoms with van der Waals surface area (Å²) < 4.78 is 6.56. The number of carbonyl (C=O) groups excluding carboxylic acids is 2. The van der Waals surface area contributed by atoms with E-state index in [0.29, 0.717) is 24.6 Å². The molecule has 0 unspecified atom stereocenters. The molecule has 1 N–H and O–H groups in total. The van der Waals surface area contributed by atoms with Crippen molar-refractivity contribution < 1.29 is 14.0 Å². The maximum absolute atomic E-state index is 12.8. The summed E-state index contributed by atoms with van der Waals surface area (Å²) >= 11 is 0. The fourth-order valence-electron chi connectivity index (χ4n) is 3.24. The molecule has 1 aliphatic rings. The fraction of sp³-hybridized carbons (Fsp3) is 0.250. The standard InChI is InChI=1S/C20H21N5O3/c1-23-18(21-19(26)17-8-5-13-28-17)14-16(22-23)20(27)25-11-9-24(10-12-25)15-6-3-2-4-7-15/h2-8,13-14H,9-12H2,1H3,(H,21,26). The van der Waals surface area contributed by atoms with Crippen molar-refractivity contribution in [3.63, 3.8) is 0 Å². The molecule has 8 nitrogen and oxygen atoms in total. The number of nitrogens with one attached hydrogen (secondary N) is 1. The summed E-state index contributed by atoms with van der Waals surface area (Å²) in [5.41, 5.74) is 1.47. The topological polar surface area (TPSA) is 83.6 Å². The van der Waals surface area contributed by atoms with Crippen molar-refractivity contribution >= 4 is 23.3 Å². The number of anilines is 2. The molecule has 1 aliphatic heterocycles. The van der Waals surface area contributed by atoms with E-state index in [-0.39, 0.29) is 17.6 Å². The van der Waals surface area contributed by atoms with Crippen LogP contribution in [0.25, 0.3) is 0 Å².